The van der Waals surface area contributed by atoms with Crippen LogP contribution >= 0.6 is 11.8 Å². The van der Waals surface area contributed by atoms with Crippen LogP contribution in [-0.4, -0.2) is 9.97 Å². The van der Waals surface area contributed by atoms with Gasteiger partial charge in [0.25, 0.3) is 0 Å². The molecule has 1 aromatic heterocycles. The number of hydrogen-bond acceptors (Lipinski definition) is 2. The van der Waals surface area contributed by atoms with E-state index in [0.717, 1.165) is 28.2 Å². The number of aromatic amines is 1. The number of imidazole rings is 1. The van der Waals surface area contributed by atoms with Gasteiger partial charge in [-0.3, -0.25) is 0 Å². The van der Waals surface area contributed by atoms with Crippen molar-refractivity contribution in [2.45, 2.75) is 10.6 Å². The number of fused-ring (bicyclic) bond motifs is 1. The van der Waals surface area contributed by atoms with Crippen molar-refractivity contribution in [1.82, 2.24) is 9.97 Å². The first-order valence-electron chi connectivity index (χ1n) is 7.53. The molecule has 3 heteroatoms. The molecule has 2 nitrogen and oxygen atoms in total. The van der Waals surface area contributed by atoms with E-state index in [4.69, 9.17) is 4.98 Å². The minimum Gasteiger partial charge on any atom is -0.338 e. The third kappa shape index (κ3) is 3.01. The van der Waals surface area contributed by atoms with Gasteiger partial charge < -0.3 is 4.98 Å². The van der Waals surface area contributed by atoms with Gasteiger partial charge in [-0.25, -0.2) is 4.98 Å². The van der Waals surface area contributed by atoms with Crippen LogP contribution in [0.3, 0.4) is 0 Å². The molecule has 3 aromatic carbocycles. The summed E-state index contributed by atoms with van der Waals surface area (Å²) in [6, 6.07) is 28.0. The van der Waals surface area contributed by atoms with Crippen LogP contribution in [0.4, 0.5) is 0 Å². The highest BCUT2D eigenvalue weighted by atomic mass is 32.2. The summed E-state index contributed by atoms with van der Waals surface area (Å²) in [5.74, 6) is 1.81. The van der Waals surface area contributed by atoms with E-state index in [9.17, 15) is 0 Å². The van der Waals surface area contributed by atoms with E-state index in [-0.39, 0.29) is 0 Å². The molecule has 0 unspecified atom stereocenters. The quantitative estimate of drug-likeness (QED) is 0.516. The molecule has 0 saturated carbocycles. The van der Waals surface area contributed by atoms with Gasteiger partial charge in [-0.05, 0) is 29.8 Å². The highest BCUT2D eigenvalue weighted by Crippen LogP contribution is 2.32. The topological polar surface area (TPSA) is 28.7 Å². The second-order valence-corrected chi connectivity index (χ2v) is 6.30. The summed E-state index contributed by atoms with van der Waals surface area (Å²) in [7, 11) is 0. The molecule has 0 bridgehead atoms. The molecule has 23 heavy (non-hydrogen) atoms. The average molecular weight is 315 g/mol. The summed E-state index contributed by atoms with van der Waals surface area (Å²) < 4.78 is 0. The van der Waals surface area contributed by atoms with Crippen LogP contribution in [0.2, 0.25) is 0 Å². The van der Waals surface area contributed by atoms with Crippen LogP contribution in [0.25, 0.3) is 22.4 Å². The number of hydrogen-bond donors (Lipinski definition) is 1. The van der Waals surface area contributed by atoms with Gasteiger partial charge in [-0.2, -0.15) is 0 Å². The minimum atomic E-state index is 0.877. The van der Waals surface area contributed by atoms with Crippen molar-refractivity contribution in [1.29, 1.82) is 0 Å². The van der Waals surface area contributed by atoms with Crippen LogP contribution in [0.5, 0.6) is 0 Å². The molecule has 1 heterocycles. The molecule has 0 aliphatic carbocycles. The molecular formula is C20H15N2S. The van der Waals surface area contributed by atoms with E-state index in [1.54, 1.807) is 0 Å². The summed E-state index contributed by atoms with van der Waals surface area (Å²) in [5.41, 5.74) is 4.39. The Bertz CT molecular complexity index is 895. The maximum atomic E-state index is 4.70. The Morgan fingerprint density at radius 1 is 0.913 bits per heavy atom. The fourth-order valence-electron chi connectivity index (χ4n) is 2.53. The van der Waals surface area contributed by atoms with E-state index in [2.05, 4.69) is 41.4 Å². The predicted molar refractivity (Wildman–Crippen MR) is 96.4 cm³/mol. The van der Waals surface area contributed by atoms with Gasteiger partial charge >= 0.3 is 0 Å². The van der Waals surface area contributed by atoms with E-state index in [1.165, 1.54) is 10.5 Å². The summed E-state index contributed by atoms with van der Waals surface area (Å²) >= 11 is 1.81. The van der Waals surface area contributed by atoms with Gasteiger partial charge in [-0.15, -0.1) is 11.8 Å². The summed E-state index contributed by atoms with van der Waals surface area (Å²) in [6.07, 6.45) is 0. The second-order valence-electron chi connectivity index (χ2n) is 5.29. The first kappa shape index (κ1) is 14.1. The zero-order chi connectivity index (χ0) is 15.5. The third-order valence-electron chi connectivity index (χ3n) is 3.68. The van der Waals surface area contributed by atoms with Crippen LogP contribution in [0.15, 0.2) is 77.7 Å². The number of rotatable bonds is 4. The van der Waals surface area contributed by atoms with Crippen LogP contribution < -0.4 is 0 Å². The number of aromatic nitrogens is 2. The summed E-state index contributed by atoms with van der Waals surface area (Å²) in [4.78, 5) is 9.28. The highest BCUT2D eigenvalue weighted by Gasteiger charge is 2.10. The lowest BCUT2D eigenvalue weighted by molar-refractivity contribution is 1.28. The van der Waals surface area contributed by atoms with Crippen molar-refractivity contribution in [3.05, 3.63) is 84.4 Å². The number of H-pyrrole nitrogens is 1. The lowest BCUT2D eigenvalue weighted by Crippen LogP contribution is -1.86. The molecule has 1 radical (unpaired) electrons. The Labute approximate surface area is 139 Å². The smallest absolute Gasteiger partial charge is 0.140 e. The lowest BCUT2D eigenvalue weighted by Gasteiger charge is -2.06. The van der Waals surface area contributed by atoms with E-state index in [0.29, 0.717) is 0 Å². The maximum absolute atomic E-state index is 4.70. The SMILES string of the molecule is [c]1cccc(SCc2ccccc2)c1-c1nc2ccccc2[nH]1. The van der Waals surface area contributed by atoms with Crippen molar-refractivity contribution < 1.29 is 0 Å². The third-order valence-corrected chi connectivity index (χ3v) is 4.81. The van der Waals surface area contributed by atoms with Crippen molar-refractivity contribution in [2.75, 3.05) is 0 Å². The first-order valence-corrected chi connectivity index (χ1v) is 8.51. The highest BCUT2D eigenvalue weighted by molar-refractivity contribution is 7.98. The normalized spacial score (nSPS) is 11.0. The molecular weight excluding hydrogens is 300 g/mol. The predicted octanol–water partition coefficient (Wildman–Crippen LogP) is 5.32. The summed E-state index contributed by atoms with van der Waals surface area (Å²) in [6.45, 7) is 0. The number of nitrogens with one attached hydrogen (secondary N) is 1. The molecule has 0 spiro atoms. The number of para-hydroxylation sites is 2. The Kier molecular flexibility index (Phi) is 3.86. The molecule has 0 aliphatic heterocycles. The molecule has 0 amide bonds. The van der Waals surface area contributed by atoms with Crippen LogP contribution in [0.1, 0.15) is 5.56 Å². The van der Waals surface area contributed by atoms with Gasteiger partial charge in [-0.1, -0.05) is 54.6 Å². The van der Waals surface area contributed by atoms with Gasteiger partial charge in [0.2, 0.25) is 0 Å². The molecule has 4 aromatic rings. The maximum Gasteiger partial charge on any atom is 0.140 e. The lowest BCUT2D eigenvalue weighted by atomic mass is 10.2. The molecule has 0 fully saturated rings. The van der Waals surface area contributed by atoms with Gasteiger partial charge in [0.15, 0.2) is 0 Å². The van der Waals surface area contributed by atoms with Crippen LogP contribution in [0, 0.1) is 6.07 Å². The largest absolute Gasteiger partial charge is 0.338 e. The number of benzene rings is 3. The molecule has 0 aliphatic rings. The van der Waals surface area contributed by atoms with Crippen molar-refractivity contribution in [2.24, 2.45) is 0 Å². The molecule has 4 rings (SSSR count). The number of thioether (sulfide) groups is 1. The van der Waals surface area contributed by atoms with Gasteiger partial charge in [0.1, 0.15) is 5.82 Å². The van der Waals surface area contributed by atoms with E-state index in [1.807, 2.05) is 54.2 Å². The molecule has 111 valence electrons. The van der Waals surface area contributed by atoms with E-state index < -0.39 is 0 Å². The first-order chi connectivity index (χ1) is 11.4. The Morgan fingerprint density at radius 3 is 2.61 bits per heavy atom. The van der Waals surface area contributed by atoms with Gasteiger partial charge in [0, 0.05) is 16.2 Å². The minimum absolute atomic E-state index is 0.877. The van der Waals surface area contributed by atoms with Crippen LogP contribution in [-0.2, 0) is 5.75 Å². The molecule has 0 saturated heterocycles. The second kappa shape index (κ2) is 6.31. The standard InChI is InChI=1S/C20H15N2S/c1-2-8-15(9-3-1)14-23-19-13-7-4-10-16(19)20-21-17-11-5-6-12-18(17)22-20/h1-9,11-13H,14H2,(H,21,22). The van der Waals surface area contributed by atoms with Crippen molar-refractivity contribution in [3.63, 3.8) is 0 Å². The fourth-order valence-corrected chi connectivity index (χ4v) is 3.52. The Morgan fingerprint density at radius 2 is 1.74 bits per heavy atom. The average Bonchev–Trinajstić information content (AvgIpc) is 3.05. The Balaban J connectivity index is 1.66. The summed E-state index contributed by atoms with van der Waals surface area (Å²) in [5, 5.41) is 0. The fraction of sp³-hybridized carbons (Fsp3) is 0.0500. The zero-order valence-corrected chi connectivity index (χ0v) is 13.3. The van der Waals surface area contributed by atoms with Gasteiger partial charge in [0.05, 0.1) is 11.0 Å². The zero-order valence-electron chi connectivity index (χ0n) is 12.5. The number of nitrogens with zero attached hydrogens (tertiary/aromatic N) is 1. The Hall–Kier alpha value is -2.52. The van der Waals surface area contributed by atoms with E-state index >= 15 is 0 Å². The van der Waals surface area contributed by atoms with Crippen molar-refractivity contribution in [3.8, 4) is 11.4 Å². The molecule has 1 N–H and O–H groups in total. The monoisotopic (exact) mass is 315 g/mol. The molecule has 0 atom stereocenters. The van der Waals surface area contributed by atoms with Crippen molar-refractivity contribution >= 4 is 22.8 Å².